The van der Waals surface area contributed by atoms with Crippen LogP contribution >= 0.6 is 0 Å². The lowest BCUT2D eigenvalue weighted by Crippen LogP contribution is -2.77. The van der Waals surface area contributed by atoms with Crippen LogP contribution in [0.15, 0.2) is 34.9 Å². The summed E-state index contributed by atoms with van der Waals surface area (Å²) in [6.45, 7) is 18.0. The second-order valence-electron chi connectivity index (χ2n) is 14.1. The van der Waals surface area contributed by atoms with Crippen LogP contribution in [0.5, 0.6) is 17.2 Å². The second-order valence-corrected chi connectivity index (χ2v) is 14.1. The minimum absolute atomic E-state index is 0.129. The highest BCUT2D eigenvalue weighted by Gasteiger charge is 2.84. The van der Waals surface area contributed by atoms with Gasteiger partial charge in [-0.2, -0.15) is 0 Å². The lowest BCUT2D eigenvalue weighted by atomic mass is 9.49. The number of fused-ring (bicyclic) bond motifs is 3. The summed E-state index contributed by atoms with van der Waals surface area (Å²) >= 11 is 0. The van der Waals surface area contributed by atoms with Crippen LogP contribution in [0.2, 0.25) is 0 Å². The van der Waals surface area contributed by atoms with Gasteiger partial charge in [0.25, 0.3) is 0 Å². The predicted octanol–water partition coefficient (Wildman–Crippen LogP) is 6.09. The van der Waals surface area contributed by atoms with E-state index >= 15 is 0 Å². The number of ether oxygens (including phenoxy) is 4. The summed E-state index contributed by atoms with van der Waals surface area (Å²) < 4.78 is 26.4. The zero-order chi connectivity index (χ0) is 30.1. The van der Waals surface area contributed by atoms with Gasteiger partial charge >= 0.3 is 0 Å². The van der Waals surface area contributed by atoms with E-state index in [4.69, 9.17) is 18.9 Å². The Bertz CT molecular complexity index is 1500. The number of allylic oxidation sites excluding steroid dienone is 3. The summed E-state index contributed by atoms with van der Waals surface area (Å²) in [5, 5.41) is 11.8. The number of Topliss-reactive ketones (excluding diaryl/α,β-unsaturated/α-hetero) is 2. The van der Waals surface area contributed by atoms with Crippen LogP contribution in [-0.4, -0.2) is 52.3 Å². The molecule has 1 spiro atoms. The topological polar surface area (TPSA) is 91.3 Å². The maximum absolute atomic E-state index is 14.8. The fourth-order valence-corrected chi connectivity index (χ4v) is 7.98. The van der Waals surface area contributed by atoms with Crippen molar-refractivity contribution in [2.75, 3.05) is 7.11 Å². The Balaban J connectivity index is 1.71. The van der Waals surface area contributed by atoms with Crippen LogP contribution in [0.1, 0.15) is 96.6 Å². The fraction of sp³-hybridized carbons (Fsp3) is 0.588. The highest BCUT2D eigenvalue weighted by atomic mass is 16.6. The van der Waals surface area contributed by atoms with Crippen LogP contribution in [0.4, 0.5) is 0 Å². The second kappa shape index (κ2) is 8.35. The molecule has 5 atom stereocenters. The Morgan fingerprint density at radius 3 is 2.34 bits per heavy atom. The molecule has 7 rings (SSSR count). The van der Waals surface area contributed by atoms with Crippen molar-refractivity contribution in [3.05, 3.63) is 51.6 Å². The van der Waals surface area contributed by atoms with E-state index in [-0.39, 0.29) is 41.3 Å². The first-order valence-corrected chi connectivity index (χ1v) is 14.6. The molecule has 1 aromatic carbocycles. The molecule has 7 heteroatoms. The molecule has 1 saturated carbocycles. The quantitative estimate of drug-likeness (QED) is 0.434. The van der Waals surface area contributed by atoms with E-state index < -0.39 is 27.8 Å². The number of phenols is 1. The molecule has 41 heavy (non-hydrogen) atoms. The van der Waals surface area contributed by atoms with Crippen LogP contribution < -0.4 is 9.47 Å². The Morgan fingerprint density at radius 1 is 1.07 bits per heavy atom. The number of phenolic OH excluding ortho intramolecular Hbond substituents is 1. The average molecular weight is 563 g/mol. The number of hydrogen-bond acceptors (Lipinski definition) is 7. The SMILES string of the molecule is CO[C@]12C=C3C(=O)c4c(O)c(CC=C(C)C)c5c(c4O[C@@]34[C@@H](C1)C(C)(C)O[C@]4(CC=C(C)C)C2=O)C(C)(C)[C@@H](C)O5. The summed E-state index contributed by atoms with van der Waals surface area (Å²) in [6.07, 6.45) is 6.41. The summed E-state index contributed by atoms with van der Waals surface area (Å²) in [5.74, 6) is -0.197. The first kappa shape index (κ1) is 28.2. The van der Waals surface area contributed by atoms with Crippen molar-refractivity contribution >= 4 is 11.6 Å². The van der Waals surface area contributed by atoms with Gasteiger partial charge in [0.15, 0.2) is 17.0 Å². The molecule has 0 aromatic heterocycles. The molecule has 3 aliphatic heterocycles. The molecule has 6 aliphatic rings. The molecule has 4 bridgehead atoms. The van der Waals surface area contributed by atoms with E-state index in [0.717, 1.165) is 16.7 Å². The third kappa shape index (κ3) is 3.22. The van der Waals surface area contributed by atoms with E-state index in [2.05, 4.69) is 13.8 Å². The van der Waals surface area contributed by atoms with Gasteiger partial charge in [-0.25, -0.2) is 0 Å². The van der Waals surface area contributed by atoms with Gasteiger partial charge in [-0.05, 0) is 67.4 Å². The van der Waals surface area contributed by atoms with Crippen LogP contribution in [0.3, 0.4) is 0 Å². The number of aromatic hydroxyl groups is 1. The molecule has 0 unspecified atom stereocenters. The van der Waals surface area contributed by atoms with Gasteiger partial charge in [-0.3, -0.25) is 9.59 Å². The number of hydrogen-bond donors (Lipinski definition) is 1. The third-order valence-corrected chi connectivity index (χ3v) is 10.4. The van der Waals surface area contributed by atoms with Gasteiger partial charge in [-0.1, -0.05) is 37.1 Å². The van der Waals surface area contributed by atoms with Crippen LogP contribution in [-0.2, 0) is 26.1 Å². The molecular weight excluding hydrogens is 520 g/mol. The monoisotopic (exact) mass is 562 g/mol. The van der Waals surface area contributed by atoms with Crippen molar-refractivity contribution in [3.63, 3.8) is 0 Å². The lowest BCUT2D eigenvalue weighted by molar-refractivity contribution is -0.190. The molecule has 1 aromatic rings. The number of rotatable bonds is 5. The smallest absolute Gasteiger partial charge is 0.205 e. The maximum Gasteiger partial charge on any atom is 0.205 e. The Labute approximate surface area is 242 Å². The zero-order valence-electron chi connectivity index (χ0n) is 25.9. The number of carbonyl (C=O) groups excluding carboxylic acids is 2. The standard InChI is InChI=1S/C34H42O7/c1-17(2)11-12-20-25(35)23-26(36)21-15-32(38-10)16-22-31(8,9)41-33(29(32)37,14-13-18(3)4)34(21,22)40-28(23)24-27(20)39-19(5)30(24,6)7/h11,13,15,19,22,35H,12,14,16H2,1-10H3/t19-,22+,32-,33-,34-/m1/s1. The molecular formula is C34H42O7. The van der Waals surface area contributed by atoms with Crippen molar-refractivity contribution in [3.8, 4) is 17.2 Å². The van der Waals surface area contributed by atoms with Crippen LogP contribution in [0, 0.1) is 5.92 Å². The lowest BCUT2D eigenvalue weighted by Gasteiger charge is -2.59. The van der Waals surface area contributed by atoms with Gasteiger partial charge in [0.1, 0.15) is 34.5 Å². The Kier molecular flexibility index (Phi) is 5.75. The average Bonchev–Trinajstić information content (AvgIpc) is 3.21. The van der Waals surface area contributed by atoms with Crippen molar-refractivity contribution < 1.29 is 33.6 Å². The summed E-state index contributed by atoms with van der Waals surface area (Å²) in [4.78, 5) is 29.4. The predicted molar refractivity (Wildman–Crippen MR) is 155 cm³/mol. The summed E-state index contributed by atoms with van der Waals surface area (Å²) in [7, 11) is 1.51. The number of carbonyl (C=O) groups is 2. The van der Waals surface area contributed by atoms with Gasteiger partial charge in [-0.15, -0.1) is 0 Å². The van der Waals surface area contributed by atoms with Crippen molar-refractivity contribution in [1.82, 2.24) is 0 Å². The fourth-order valence-electron chi connectivity index (χ4n) is 7.98. The zero-order valence-corrected chi connectivity index (χ0v) is 25.9. The molecule has 0 radical (unpaired) electrons. The van der Waals surface area contributed by atoms with E-state index in [9.17, 15) is 14.7 Å². The highest BCUT2D eigenvalue weighted by Crippen LogP contribution is 2.70. The number of ketones is 2. The van der Waals surface area contributed by atoms with E-state index in [1.807, 2.05) is 60.6 Å². The van der Waals surface area contributed by atoms with E-state index in [1.165, 1.54) is 7.11 Å². The minimum atomic E-state index is -1.48. The molecule has 1 N–H and O–H groups in total. The summed E-state index contributed by atoms with van der Waals surface area (Å²) in [5.41, 5.74) is -1.60. The van der Waals surface area contributed by atoms with Crippen LogP contribution in [0.25, 0.3) is 0 Å². The third-order valence-electron chi connectivity index (χ3n) is 10.4. The van der Waals surface area contributed by atoms with Crippen molar-refractivity contribution in [2.24, 2.45) is 5.92 Å². The summed E-state index contributed by atoms with van der Waals surface area (Å²) in [6, 6.07) is 0. The van der Waals surface area contributed by atoms with Gasteiger partial charge in [0, 0.05) is 41.6 Å². The Morgan fingerprint density at radius 2 is 1.73 bits per heavy atom. The largest absolute Gasteiger partial charge is 0.507 e. The van der Waals surface area contributed by atoms with E-state index in [1.54, 1.807) is 6.08 Å². The maximum atomic E-state index is 14.8. The normalized spacial score (nSPS) is 34.6. The van der Waals surface area contributed by atoms with Gasteiger partial charge in [0.2, 0.25) is 5.78 Å². The number of benzene rings is 1. The van der Waals surface area contributed by atoms with Gasteiger partial charge < -0.3 is 24.1 Å². The van der Waals surface area contributed by atoms with Crippen molar-refractivity contribution in [1.29, 1.82) is 0 Å². The molecule has 0 amide bonds. The molecule has 7 nitrogen and oxygen atoms in total. The highest BCUT2D eigenvalue weighted by molar-refractivity contribution is 6.20. The first-order chi connectivity index (χ1) is 19.0. The van der Waals surface area contributed by atoms with E-state index in [0.29, 0.717) is 35.5 Å². The molecule has 3 heterocycles. The molecule has 1 saturated heterocycles. The van der Waals surface area contributed by atoms with Crippen molar-refractivity contribution in [2.45, 2.75) is 115 Å². The first-order valence-electron chi connectivity index (χ1n) is 14.6. The molecule has 220 valence electrons. The molecule has 2 fully saturated rings. The number of methoxy groups -OCH3 is 1. The molecule has 3 aliphatic carbocycles. The Hall–Kier alpha value is -2.90. The van der Waals surface area contributed by atoms with Gasteiger partial charge in [0.05, 0.1) is 5.60 Å². The minimum Gasteiger partial charge on any atom is -0.507 e.